The van der Waals surface area contributed by atoms with Crippen molar-refractivity contribution in [3.05, 3.63) is 45.9 Å². The smallest absolute Gasteiger partial charge is 0.255 e. The minimum Gasteiger partial charge on any atom is -0.510 e. The molecule has 0 heterocycles. The van der Waals surface area contributed by atoms with Gasteiger partial charge in [0.2, 0.25) is 11.7 Å². The highest BCUT2D eigenvalue weighted by Crippen LogP contribution is 2.56. The molecule has 4 rings (SSSR count). The van der Waals surface area contributed by atoms with Gasteiger partial charge in [-0.05, 0) is 44.7 Å². The number of Topliss-reactive ketones (excluding diaryl/α,β-unsaturated/α-hetero) is 2. The van der Waals surface area contributed by atoms with E-state index in [9.17, 15) is 44.7 Å². The molecule has 1 aromatic carbocycles. The number of carbonyl (C=O) groups excluding carboxylic acids is 4. The van der Waals surface area contributed by atoms with Crippen molar-refractivity contribution in [2.75, 3.05) is 38.3 Å². The first-order chi connectivity index (χ1) is 20.1. The number of fused-ring (bicyclic) bond motifs is 3. The van der Waals surface area contributed by atoms with Crippen molar-refractivity contribution in [2.45, 2.75) is 50.5 Å². The van der Waals surface area contributed by atoms with E-state index in [1.165, 1.54) is 31.1 Å². The first kappa shape index (κ1) is 32.5. The lowest BCUT2D eigenvalue weighted by Crippen LogP contribution is -2.68. The summed E-state index contributed by atoms with van der Waals surface area (Å²) < 4.78 is 0. The lowest BCUT2D eigenvalue weighted by Gasteiger charge is -2.53. The number of ketones is 2. The molecular formula is C29H38N4O9S. The number of thiol groups is 1. The Morgan fingerprint density at radius 3 is 2.26 bits per heavy atom. The molecule has 8 N–H and O–H groups in total. The Hall–Kier alpha value is -3.43. The zero-order valence-corrected chi connectivity index (χ0v) is 25.4. The first-order valence-corrected chi connectivity index (χ1v) is 14.6. The number of hydrogen-bond acceptors (Lipinski definition) is 12. The van der Waals surface area contributed by atoms with E-state index in [-0.39, 0.29) is 17.0 Å². The number of primary amides is 1. The van der Waals surface area contributed by atoms with Crippen LogP contribution in [0.4, 0.5) is 5.69 Å². The van der Waals surface area contributed by atoms with Gasteiger partial charge < -0.3 is 36.6 Å². The maximum Gasteiger partial charge on any atom is 0.255 e. The van der Waals surface area contributed by atoms with Gasteiger partial charge in [0.1, 0.15) is 17.1 Å². The summed E-state index contributed by atoms with van der Waals surface area (Å²) in [7, 11) is 2.94. The standard InChI is InChI=1S/C29H38N4O9S/c1-6-33(7-2)14(10-43)28(41)31-13-9-8-12-11(3)15-17(22(35)16(12)21(13)34)25(38)29(42)19(23(15)36)20(32(4)5)24(37)18(26(29)39)27(30)40/h8-9,11,14-15,19-20,23,34,36-38,42-43H,6-7,10H2,1-5H3,(H2,30,40)(H,31,41)/t11?,14?,15?,19?,20-,23?,29-/m0/s1. The summed E-state index contributed by atoms with van der Waals surface area (Å²) in [5.41, 5.74) is 0.770. The second kappa shape index (κ2) is 11.6. The molecule has 0 radical (unpaired) electrons. The van der Waals surface area contributed by atoms with E-state index in [0.717, 1.165) is 0 Å². The van der Waals surface area contributed by atoms with E-state index < -0.39 is 93.3 Å². The van der Waals surface area contributed by atoms with Crippen LogP contribution in [-0.4, -0.2) is 115 Å². The molecule has 3 aliphatic carbocycles. The molecule has 14 heteroatoms. The fourth-order valence-corrected chi connectivity index (χ4v) is 7.37. The number of aliphatic hydroxyl groups excluding tert-OH is 3. The molecule has 1 aromatic rings. The molecule has 13 nitrogen and oxygen atoms in total. The lowest BCUT2D eigenvalue weighted by atomic mass is 9.55. The fourth-order valence-electron chi connectivity index (χ4n) is 6.97. The van der Waals surface area contributed by atoms with Crippen molar-refractivity contribution in [3.63, 3.8) is 0 Å². The number of likely N-dealkylation sites (N-methyl/N-ethyl adjacent to an activating group) is 2. The molecule has 0 saturated carbocycles. The third-order valence-electron chi connectivity index (χ3n) is 9.12. The topological polar surface area (TPSA) is 214 Å². The largest absolute Gasteiger partial charge is 0.510 e. The van der Waals surface area contributed by atoms with Crippen LogP contribution < -0.4 is 11.1 Å². The molecule has 0 fully saturated rings. The third kappa shape index (κ3) is 4.63. The van der Waals surface area contributed by atoms with Gasteiger partial charge in [0.15, 0.2) is 17.1 Å². The summed E-state index contributed by atoms with van der Waals surface area (Å²) in [5.74, 6) is -10.1. The number of anilines is 1. The molecule has 3 aliphatic rings. The molecule has 0 saturated heterocycles. The average molecular weight is 619 g/mol. The number of carbonyl (C=O) groups is 4. The van der Waals surface area contributed by atoms with Crippen LogP contribution in [0.1, 0.15) is 42.6 Å². The number of aliphatic hydroxyl groups is 4. The Balaban J connectivity index is 1.88. The predicted molar refractivity (Wildman–Crippen MR) is 159 cm³/mol. The first-order valence-electron chi connectivity index (χ1n) is 14.0. The number of phenolic OH excluding ortho intramolecular Hbond substituents is 1. The Morgan fingerprint density at radius 2 is 1.74 bits per heavy atom. The van der Waals surface area contributed by atoms with Gasteiger partial charge in [-0.3, -0.25) is 29.0 Å². The lowest BCUT2D eigenvalue weighted by molar-refractivity contribution is -0.162. The Labute approximate surface area is 254 Å². The number of aromatic hydroxyl groups is 1. The third-order valence-corrected chi connectivity index (χ3v) is 9.46. The number of nitrogens with two attached hydrogens (primary N) is 1. The summed E-state index contributed by atoms with van der Waals surface area (Å²) in [5, 5.41) is 59.8. The Morgan fingerprint density at radius 1 is 1.14 bits per heavy atom. The maximum absolute atomic E-state index is 14.0. The number of hydrogen-bond donors (Lipinski definition) is 8. The molecule has 0 spiro atoms. The second-order valence-electron chi connectivity index (χ2n) is 11.4. The van der Waals surface area contributed by atoms with E-state index in [1.54, 1.807) is 6.92 Å². The molecule has 7 atom stereocenters. The number of nitrogens with zero attached hydrogens (tertiary/aromatic N) is 2. The van der Waals surface area contributed by atoms with Crippen molar-refractivity contribution in [1.29, 1.82) is 0 Å². The zero-order valence-electron chi connectivity index (χ0n) is 24.5. The van der Waals surface area contributed by atoms with Crippen molar-refractivity contribution in [3.8, 4) is 5.75 Å². The van der Waals surface area contributed by atoms with E-state index in [0.29, 0.717) is 18.7 Å². The quantitative estimate of drug-likeness (QED) is 0.112. The number of rotatable bonds is 8. The van der Waals surface area contributed by atoms with E-state index in [1.807, 2.05) is 18.7 Å². The van der Waals surface area contributed by atoms with Gasteiger partial charge in [0.05, 0.1) is 35.4 Å². The predicted octanol–water partition coefficient (Wildman–Crippen LogP) is 0.231. The highest BCUT2D eigenvalue weighted by Gasteiger charge is 2.67. The molecule has 43 heavy (non-hydrogen) atoms. The van der Waals surface area contributed by atoms with Gasteiger partial charge in [-0.15, -0.1) is 0 Å². The summed E-state index contributed by atoms with van der Waals surface area (Å²) in [6.45, 7) is 6.55. The molecule has 0 aromatic heterocycles. The second-order valence-corrected chi connectivity index (χ2v) is 11.8. The van der Waals surface area contributed by atoms with Gasteiger partial charge in [-0.1, -0.05) is 26.8 Å². The van der Waals surface area contributed by atoms with Gasteiger partial charge in [-0.25, -0.2) is 0 Å². The zero-order chi connectivity index (χ0) is 32.3. The SMILES string of the molecule is CCN(CC)C(CS)C(=O)Nc1ccc2c(c1O)C(=O)C1=C(O)[C@]3(O)C(=O)C(C(N)=O)=C(O)[C@@H](N(C)C)C3C(O)C1C2C. The maximum atomic E-state index is 14.0. The van der Waals surface area contributed by atoms with Crippen LogP contribution in [0.3, 0.4) is 0 Å². The minimum absolute atomic E-state index is 0.0833. The van der Waals surface area contributed by atoms with Crippen LogP contribution in [0.15, 0.2) is 34.8 Å². The molecule has 234 valence electrons. The van der Waals surface area contributed by atoms with Crippen LogP contribution in [0.2, 0.25) is 0 Å². The molecule has 0 aliphatic heterocycles. The number of phenols is 1. The molecule has 2 amide bonds. The van der Waals surface area contributed by atoms with Crippen LogP contribution in [-0.2, 0) is 14.4 Å². The van der Waals surface area contributed by atoms with Gasteiger partial charge in [0.25, 0.3) is 5.91 Å². The Bertz CT molecular complexity index is 1450. The summed E-state index contributed by atoms with van der Waals surface area (Å²) in [4.78, 5) is 56.0. The van der Waals surface area contributed by atoms with Crippen LogP contribution in [0.5, 0.6) is 5.75 Å². The number of benzene rings is 1. The van der Waals surface area contributed by atoms with Crippen molar-refractivity contribution < 1.29 is 44.7 Å². The highest BCUT2D eigenvalue weighted by atomic mass is 32.1. The Kier molecular flexibility index (Phi) is 8.75. The molecule has 5 unspecified atom stereocenters. The van der Waals surface area contributed by atoms with E-state index >= 15 is 0 Å². The summed E-state index contributed by atoms with van der Waals surface area (Å²) in [6.07, 6.45) is -1.69. The molecular weight excluding hydrogens is 580 g/mol. The van der Waals surface area contributed by atoms with E-state index in [4.69, 9.17) is 5.73 Å². The molecule has 0 bridgehead atoms. The van der Waals surface area contributed by atoms with Gasteiger partial charge >= 0.3 is 0 Å². The van der Waals surface area contributed by atoms with Crippen molar-refractivity contribution in [1.82, 2.24) is 9.80 Å². The highest BCUT2D eigenvalue weighted by molar-refractivity contribution is 7.80. The fraction of sp³-hybridized carbons (Fsp3) is 0.517. The van der Waals surface area contributed by atoms with Crippen molar-refractivity contribution in [2.24, 2.45) is 17.6 Å². The average Bonchev–Trinajstić information content (AvgIpc) is 2.94. The van der Waals surface area contributed by atoms with Crippen molar-refractivity contribution >= 4 is 41.7 Å². The van der Waals surface area contributed by atoms with Crippen LogP contribution in [0, 0.1) is 11.8 Å². The minimum atomic E-state index is -3.01. The number of nitrogens with one attached hydrogen (secondary N) is 1. The van der Waals surface area contributed by atoms with E-state index in [2.05, 4.69) is 17.9 Å². The summed E-state index contributed by atoms with van der Waals surface area (Å²) in [6, 6.07) is 0.961. The van der Waals surface area contributed by atoms with Gasteiger partial charge in [0, 0.05) is 17.2 Å². The monoisotopic (exact) mass is 618 g/mol. The van der Waals surface area contributed by atoms with Gasteiger partial charge in [-0.2, -0.15) is 12.6 Å². The summed E-state index contributed by atoms with van der Waals surface area (Å²) >= 11 is 4.29. The normalized spacial score (nSPS) is 29.4. The van der Waals surface area contributed by atoms with Crippen LogP contribution in [0.25, 0.3) is 0 Å². The number of amides is 2. The van der Waals surface area contributed by atoms with Crippen LogP contribution >= 0.6 is 12.6 Å².